The van der Waals surface area contributed by atoms with E-state index in [2.05, 4.69) is 0 Å². The Morgan fingerprint density at radius 1 is 0.931 bits per heavy atom. The number of carbonyl (C=O) groups excluding carboxylic acids is 3. The number of hydrogen-bond donors (Lipinski definition) is 0. The molecule has 0 spiro atoms. The van der Waals surface area contributed by atoms with Gasteiger partial charge in [0.1, 0.15) is 6.04 Å². The van der Waals surface area contributed by atoms with Crippen LogP contribution >= 0.6 is 0 Å². The summed E-state index contributed by atoms with van der Waals surface area (Å²) in [5.74, 6) is -0.0748. The van der Waals surface area contributed by atoms with E-state index in [4.69, 9.17) is 4.42 Å². The van der Waals surface area contributed by atoms with Crippen molar-refractivity contribution in [3.05, 3.63) is 59.5 Å². The Labute approximate surface area is 169 Å². The summed E-state index contributed by atoms with van der Waals surface area (Å²) in [6.07, 6.45) is 2.68. The first kappa shape index (κ1) is 19.2. The summed E-state index contributed by atoms with van der Waals surface area (Å²) >= 11 is 0. The third kappa shape index (κ3) is 3.90. The number of rotatable bonds is 2. The predicted octanol–water partition coefficient (Wildman–Crippen LogP) is 1.93. The van der Waals surface area contributed by atoms with E-state index >= 15 is 0 Å². The molecule has 4 rings (SSSR count). The molecule has 2 aromatic rings. The van der Waals surface area contributed by atoms with Gasteiger partial charge in [-0.15, -0.1) is 0 Å². The summed E-state index contributed by atoms with van der Waals surface area (Å²) in [4.78, 5) is 43.5. The zero-order chi connectivity index (χ0) is 20.4. The fourth-order valence-corrected chi connectivity index (χ4v) is 4.16. The van der Waals surface area contributed by atoms with Gasteiger partial charge in [0.15, 0.2) is 5.76 Å². The lowest BCUT2D eigenvalue weighted by molar-refractivity contribution is -0.137. The maximum atomic E-state index is 13.5. The quantitative estimate of drug-likeness (QED) is 0.779. The van der Waals surface area contributed by atoms with Crippen LogP contribution < -0.4 is 0 Å². The third-order valence-corrected chi connectivity index (χ3v) is 5.78. The minimum absolute atomic E-state index is 0.0283. The third-order valence-electron chi connectivity index (χ3n) is 5.78. The van der Waals surface area contributed by atoms with Crippen LogP contribution in [0.1, 0.15) is 35.0 Å². The Morgan fingerprint density at radius 3 is 2.38 bits per heavy atom. The zero-order valence-corrected chi connectivity index (χ0v) is 16.5. The Kier molecular flexibility index (Phi) is 5.38. The molecule has 0 aliphatic carbocycles. The van der Waals surface area contributed by atoms with Crippen LogP contribution in [0.15, 0.2) is 47.1 Å². The smallest absolute Gasteiger partial charge is 0.290 e. The van der Waals surface area contributed by atoms with E-state index in [0.29, 0.717) is 39.1 Å². The summed E-state index contributed by atoms with van der Waals surface area (Å²) in [5, 5.41) is 0. The van der Waals surface area contributed by atoms with Gasteiger partial charge >= 0.3 is 0 Å². The molecule has 3 amide bonds. The monoisotopic (exact) mass is 395 g/mol. The minimum atomic E-state index is -0.577. The fraction of sp³-hybridized carbons (Fsp3) is 0.409. The highest BCUT2D eigenvalue weighted by Crippen LogP contribution is 2.26. The molecule has 1 aromatic carbocycles. The van der Waals surface area contributed by atoms with Crippen molar-refractivity contribution < 1.29 is 18.8 Å². The van der Waals surface area contributed by atoms with Crippen LogP contribution in [0, 0.1) is 0 Å². The van der Waals surface area contributed by atoms with Crippen LogP contribution in [0.25, 0.3) is 0 Å². The van der Waals surface area contributed by atoms with Gasteiger partial charge in [0, 0.05) is 46.1 Å². The summed E-state index contributed by atoms with van der Waals surface area (Å²) < 4.78 is 5.31. The number of amides is 3. The number of furan rings is 1. The molecule has 3 heterocycles. The van der Waals surface area contributed by atoms with Crippen molar-refractivity contribution in [2.45, 2.75) is 32.4 Å². The van der Waals surface area contributed by atoms with E-state index in [-0.39, 0.29) is 23.5 Å². The highest BCUT2D eigenvalue weighted by Gasteiger charge is 2.38. The summed E-state index contributed by atoms with van der Waals surface area (Å²) in [6.45, 7) is 4.18. The molecule has 1 fully saturated rings. The molecular formula is C22H25N3O4. The molecule has 7 heteroatoms. The van der Waals surface area contributed by atoms with Crippen molar-refractivity contribution in [2.24, 2.45) is 0 Å². The van der Waals surface area contributed by atoms with Crippen LogP contribution in [0.4, 0.5) is 0 Å². The SMILES string of the molecule is CC(=O)N1CCCN(C(=O)C2Cc3ccccc3CN2C(=O)c2ccco2)CC1. The molecule has 0 saturated carbocycles. The largest absolute Gasteiger partial charge is 0.459 e. The van der Waals surface area contributed by atoms with E-state index in [0.717, 1.165) is 17.5 Å². The van der Waals surface area contributed by atoms with Gasteiger partial charge in [-0.1, -0.05) is 24.3 Å². The Bertz CT molecular complexity index is 909. The molecule has 0 bridgehead atoms. The van der Waals surface area contributed by atoms with E-state index in [1.807, 2.05) is 24.3 Å². The van der Waals surface area contributed by atoms with Crippen LogP contribution in [0.5, 0.6) is 0 Å². The first-order chi connectivity index (χ1) is 14.0. The van der Waals surface area contributed by atoms with E-state index in [9.17, 15) is 14.4 Å². The van der Waals surface area contributed by atoms with E-state index in [1.54, 1.807) is 33.8 Å². The van der Waals surface area contributed by atoms with E-state index < -0.39 is 6.04 Å². The van der Waals surface area contributed by atoms with Gasteiger partial charge in [-0.3, -0.25) is 14.4 Å². The Balaban J connectivity index is 1.59. The van der Waals surface area contributed by atoms with Gasteiger partial charge in [-0.2, -0.15) is 0 Å². The van der Waals surface area contributed by atoms with Crippen molar-refractivity contribution in [2.75, 3.05) is 26.2 Å². The van der Waals surface area contributed by atoms with Crippen molar-refractivity contribution in [3.8, 4) is 0 Å². The maximum absolute atomic E-state index is 13.5. The number of hydrogen-bond acceptors (Lipinski definition) is 4. The predicted molar refractivity (Wildman–Crippen MR) is 106 cm³/mol. The normalized spacial score (nSPS) is 19.5. The van der Waals surface area contributed by atoms with Gasteiger partial charge in [-0.25, -0.2) is 0 Å². The van der Waals surface area contributed by atoms with Gasteiger partial charge in [-0.05, 0) is 29.7 Å². The zero-order valence-electron chi connectivity index (χ0n) is 16.5. The molecule has 1 atom stereocenters. The lowest BCUT2D eigenvalue weighted by atomic mass is 9.92. The fourth-order valence-electron chi connectivity index (χ4n) is 4.16. The molecule has 1 aromatic heterocycles. The second kappa shape index (κ2) is 8.11. The van der Waals surface area contributed by atoms with Crippen molar-refractivity contribution in [1.29, 1.82) is 0 Å². The van der Waals surface area contributed by atoms with Gasteiger partial charge in [0.05, 0.1) is 6.26 Å². The summed E-state index contributed by atoms with van der Waals surface area (Å²) in [5.41, 5.74) is 2.14. The lowest BCUT2D eigenvalue weighted by Gasteiger charge is -2.38. The molecular weight excluding hydrogens is 370 g/mol. The van der Waals surface area contributed by atoms with Crippen LogP contribution in [0.2, 0.25) is 0 Å². The van der Waals surface area contributed by atoms with Crippen LogP contribution in [-0.2, 0) is 22.6 Å². The van der Waals surface area contributed by atoms with Crippen molar-refractivity contribution in [1.82, 2.24) is 14.7 Å². The molecule has 2 aliphatic rings. The van der Waals surface area contributed by atoms with Gasteiger partial charge in [0.25, 0.3) is 5.91 Å². The summed E-state index contributed by atoms with van der Waals surface area (Å²) in [7, 11) is 0. The first-order valence-corrected chi connectivity index (χ1v) is 10.00. The van der Waals surface area contributed by atoms with Gasteiger partial charge in [0.2, 0.25) is 11.8 Å². The van der Waals surface area contributed by atoms with Crippen LogP contribution in [-0.4, -0.2) is 64.6 Å². The molecule has 29 heavy (non-hydrogen) atoms. The second-order valence-corrected chi connectivity index (χ2v) is 7.58. The molecule has 0 N–H and O–H groups in total. The first-order valence-electron chi connectivity index (χ1n) is 10.00. The second-order valence-electron chi connectivity index (χ2n) is 7.58. The lowest BCUT2D eigenvalue weighted by Crippen LogP contribution is -2.54. The summed E-state index contributed by atoms with van der Waals surface area (Å²) in [6, 6.07) is 10.6. The molecule has 0 radical (unpaired) electrons. The highest BCUT2D eigenvalue weighted by molar-refractivity contribution is 5.96. The average Bonchev–Trinajstić information content (AvgIpc) is 3.15. The highest BCUT2D eigenvalue weighted by atomic mass is 16.3. The minimum Gasteiger partial charge on any atom is -0.459 e. The number of carbonyl (C=O) groups is 3. The van der Waals surface area contributed by atoms with Crippen LogP contribution in [0.3, 0.4) is 0 Å². The van der Waals surface area contributed by atoms with E-state index in [1.165, 1.54) is 6.26 Å². The average molecular weight is 395 g/mol. The standard InChI is InChI=1S/C22H25N3O4/c1-16(26)23-9-5-10-24(12-11-23)21(27)19-14-17-6-2-3-7-18(17)15-25(19)22(28)20-8-4-13-29-20/h2-4,6-8,13,19H,5,9-12,14-15H2,1H3. The molecule has 7 nitrogen and oxygen atoms in total. The number of nitrogens with zero attached hydrogens (tertiary/aromatic N) is 3. The number of fused-ring (bicyclic) bond motifs is 1. The van der Waals surface area contributed by atoms with Crippen molar-refractivity contribution >= 4 is 17.7 Å². The Hall–Kier alpha value is -3.09. The Morgan fingerprint density at radius 2 is 1.66 bits per heavy atom. The topological polar surface area (TPSA) is 74.1 Å². The van der Waals surface area contributed by atoms with Gasteiger partial charge < -0.3 is 19.1 Å². The van der Waals surface area contributed by atoms with Crippen molar-refractivity contribution in [3.63, 3.8) is 0 Å². The molecule has 152 valence electrons. The number of benzene rings is 1. The molecule has 1 unspecified atom stereocenters. The molecule has 1 saturated heterocycles. The maximum Gasteiger partial charge on any atom is 0.290 e. The molecule has 2 aliphatic heterocycles.